The van der Waals surface area contributed by atoms with Gasteiger partial charge in [-0.1, -0.05) is 26.0 Å². The highest BCUT2D eigenvalue weighted by atomic mass is 19.1. The van der Waals surface area contributed by atoms with Gasteiger partial charge < -0.3 is 5.32 Å². The van der Waals surface area contributed by atoms with Crippen LogP contribution < -0.4 is 5.32 Å². The lowest BCUT2D eigenvalue weighted by Gasteiger charge is -2.32. The molecular formula is C15H20FNO. The van der Waals surface area contributed by atoms with Crippen LogP contribution >= 0.6 is 0 Å². The molecule has 1 aromatic carbocycles. The zero-order valence-corrected chi connectivity index (χ0v) is 10.9. The van der Waals surface area contributed by atoms with Gasteiger partial charge in [-0.3, -0.25) is 4.79 Å². The van der Waals surface area contributed by atoms with Crippen molar-refractivity contribution < 1.29 is 9.18 Å². The first-order valence-electron chi connectivity index (χ1n) is 6.61. The molecule has 2 nitrogen and oxygen atoms in total. The molecule has 1 aromatic rings. The van der Waals surface area contributed by atoms with Gasteiger partial charge in [0.15, 0.2) is 0 Å². The van der Waals surface area contributed by atoms with E-state index in [0.717, 1.165) is 12.8 Å². The highest BCUT2D eigenvalue weighted by Gasteiger charge is 2.25. The summed E-state index contributed by atoms with van der Waals surface area (Å²) in [6.45, 7) is 4.41. The standard InChI is InChI=1S/C15H20FNO/c1-10-7-11(2)9-12(8-10)17-15(18)13-5-3-4-6-14(13)16/h3-6,10-12H,7-9H2,1-2H3,(H,17,18). The van der Waals surface area contributed by atoms with E-state index in [9.17, 15) is 9.18 Å². The van der Waals surface area contributed by atoms with Gasteiger partial charge in [-0.15, -0.1) is 0 Å². The second-order valence-corrected chi connectivity index (χ2v) is 5.57. The molecule has 0 aliphatic heterocycles. The Kier molecular flexibility index (Phi) is 4.00. The molecule has 0 aromatic heterocycles. The van der Waals surface area contributed by atoms with E-state index in [2.05, 4.69) is 19.2 Å². The first-order chi connectivity index (χ1) is 8.56. The van der Waals surface area contributed by atoms with E-state index in [1.54, 1.807) is 12.1 Å². The van der Waals surface area contributed by atoms with Gasteiger partial charge in [0.2, 0.25) is 0 Å². The van der Waals surface area contributed by atoms with Gasteiger partial charge in [0.25, 0.3) is 5.91 Å². The number of amides is 1. The number of hydrogen-bond acceptors (Lipinski definition) is 1. The Morgan fingerprint density at radius 3 is 2.39 bits per heavy atom. The van der Waals surface area contributed by atoms with E-state index in [1.807, 2.05) is 0 Å². The van der Waals surface area contributed by atoms with Crippen molar-refractivity contribution in [1.29, 1.82) is 0 Å². The SMILES string of the molecule is CC1CC(C)CC(NC(=O)c2ccccc2F)C1. The Bertz CT molecular complexity index is 422. The van der Waals surface area contributed by atoms with Gasteiger partial charge in [-0.2, -0.15) is 0 Å². The second kappa shape index (κ2) is 5.51. The monoisotopic (exact) mass is 249 g/mol. The summed E-state index contributed by atoms with van der Waals surface area (Å²) in [7, 11) is 0. The molecule has 2 atom stereocenters. The van der Waals surface area contributed by atoms with Gasteiger partial charge in [0.1, 0.15) is 5.82 Å². The summed E-state index contributed by atoms with van der Waals surface area (Å²) in [4.78, 5) is 12.0. The molecule has 0 radical (unpaired) electrons. The molecule has 1 aliphatic carbocycles. The van der Waals surface area contributed by atoms with Crippen LogP contribution in [0.5, 0.6) is 0 Å². The van der Waals surface area contributed by atoms with Gasteiger partial charge in [-0.25, -0.2) is 4.39 Å². The molecule has 98 valence electrons. The number of nitrogens with one attached hydrogen (secondary N) is 1. The van der Waals surface area contributed by atoms with Crippen LogP contribution in [0.1, 0.15) is 43.5 Å². The molecule has 1 aliphatic rings. The van der Waals surface area contributed by atoms with Gasteiger partial charge in [0, 0.05) is 6.04 Å². The zero-order chi connectivity index (χ0) is 13.1. The van der Waals surface area contributed by atoms with E-state index in [-0.39, 0.29) is 17.5 Å². The first-order valence-corrected chi connectivity index (χ1v) is 6.61. The van der Waals surface area contributed by atoms with Crippen molar-refractivity contribution in [3.8, 4) is 0 Å². The summed E-state index contributed by atoms with van der Waals surface area (Å²) < 4.78 is 13.5. The Labute approximate surface area is 108 Å². The Morgan fingerprint density at radius 2 is 1.78 bits per heavy atom. The molecule has 1 N–H and O–H groups in total. The predicted molar refractivity (Wildman–Crippen MR) is 69.8 cm³/mol. The summed E-state index contributed by atoms with van der Waals surface area (Å²) >= 11 is 0. The molecule has 0 bridgehead atoms. The third-order valence-electron chi connectivity index (χ3n) is 3.63. The zero-order valence-electron chi connectivity index (χ0n) is 10.9. The maximum Gasteiger partial charge on any atom is 0.254 e. The minimum atomic E-state index is -0.452. The van der Waals surface area contributed by atoms with Crippen molar-refractivity contribution in [3.63, 3.8) is 0 Å². The van der Waals surface area contributed by atoms with E-state index in [4.69, 9.17) is 0 Å². The fraction of sp³-hybridized carbons (Fsp3) is 0.533. The fourth-order valence-electron chi connectivity index (χ4n) is 2.97. The van der Waals surface area contributed by atoms with Crippen LogP contribution in [-0.2, 0) is 0 Å². The summed E-state index contributed by atoms with van der Waals surface area (Å²) in [5.41, 5.74) is 0.142. The summed E-state index contributed by atoms with van der Waals surface area (Å²) in [5, 5.41) is 2.96. The lowest BCUT2D eigenvalue weighted by molar-refractivity contribution is 0.0907. The van der Waals surface area contributed by atoms with Crippen LogP contribution in [0.15, 0.2) is 24.3 Å². The van der Waals surface area contributed by atoms with Crippen molar-refractivity contribution in [2.75, 3.05) is 0 Å². The van der Waals surface area contributed by atoms with Crippen LogP contribution in [0.25, 0.3) is 0 Å². The molecule has 1 fully saturated rings. The van der Waals surface area contributed by atoms with Crippen LogP contribution in [0, 0.1) is 17.7 Å². The maximum absolute atomic E-state index is 13.5. The molecule has 1 saturated carbocycles. The number of halogens is 1. The van der Waals surface area contributed by atoms with Gasteiger partial charge >= 0.3 is 0 Å². The average molecular weight is 249 g/mol. The van der Waals surface area contributed by atoms with Gasteiger partial charge in [-0.05, 0) is 43.2 Å². The molecule has 2 rings (SSSR count). The van der Waals surface area contributed by atoms with Crippen LogP contribution in [-0.4, -0.2) is 11.9 Å². The Hall–Kier alpha value is -1.38. The highest BCUT2D eigenvalue weighted by Crippen LogP contribution is 2.28. The quantitative estimate of drug-likeness (QED) is 0.855. The van der Waals surface area contributed by atoms with Gasteiger partial charge in [0.05, 0.1) is 5.56 Å². The van der Waals surface area contributed by atoms with Crippen molar-refractivity contribution in [2.45, 2.75) is 39.2 Å². The van der Waals surface area contributed by atoms with Crippen LogP contribution in [0.2, 0.25) is 0 Å². The minimum Gasteiger partial charge on any atom is -0.349 e. The lowest BCUT2D eigenvalue weighted by atomic mass is 9.80. The number of rotatable bonds is 2. The highest BCUT2D eigenvalue weighted by molar-refractivity contribution is 5.94. The topological polar surface area (TPSA) is 29.1 Å². The summed E-state index contributed by atoms with van der Waals surface area (Å²) in [6, 6.07) is 6.30. The molecule has 0 heterocycles. The molecule has 2 unspecified atom stereocenters. The van der Waals surface area contributed by atoms with E-state index in [0.29, 0.717) is 11.8 Å². The maximum atomic E-state index is 13.5. The van der Waals surface area contributed by atoms with Crippen LogP contribution in [0.3, 0.4) is 0 Å². The number of benzene rings is 1. The van der Waals surface area contributed by atoms with E-state index in [1.165, 1.54) is 18.6 Å². The number of hydrogen-bond donors (Lipinski definition) is 1. The number of carbonyl (C=O) groups is 1. The smallest absolute Gasteiger partial charge is 0.254 e. The minimum absolute atomic E-state index is 0.142. The molecule has 3 heteroatoms. The first kappa shape index (κ1) is 13.1. The third-order valence-corrected chi connectivity index (χ3v) is 3.63. The Morgan fingerprint density at radius 1 is 1.17 bits per heavy atom. The molecule has 18 heavy (non-hydrogen) atoms. The molecular weight excluding hydrogens is 229 g/mol. The summed E-state index contributed by atoms with van der Waals surface area (Å²) in [6.07, 6.45) is 3.20. The largest absolute Gasteiger partial charge is 0.349 e. The van der Waals surface area contributed by atoms with Crippen molar-refractivity contribution in [1.82, 2.24) is 5.32 Å². The van der Waals surface area contributed by atoms with Crippen molar-refractivity contribution in [2.24, 2.45) is 11.8 Å². The van der Waals surface area contributed by atoms with Crippen molar-refractivity contribution >= 4 is 5.91 Å². The second-order valence-electron chi connectivity index (χ2n) is 5.57. The Balaban J connectivity index is 2.01. The third kappa shape index (κ3) is 3.09. The van der Waals surface area contributed by atoms with E-state index >= 15 is 0 Å². The molecule has 0 saturated heterocycles. The normalized spacial score (nSPS) is 27.8. The average Bonchev–Trinajstić information content (AvgIpc) is 2.27. The molecule has 1 amide bonds. The fourth-order valence-corrected chi connectivity index (χ4v) is 2.97. The predicted octanol–water partition coefficient (Wildman–Crippen LogP) is 3.38. The number of carbonyl (C=O) groups excluding carboxylic acids is 1. The summed E-state index contributed by atoms with van der Waals surface area (Å²) in [5.74, 6) is 0.505. The van der Waals surface area contributed by atoms with Crippen molar-refractivity contribution in [3.05, 3.63) is 35.6 Å². The van der Waals surface area contributed by atoms with Crippen LogP contribution in [0.4, 0.5) is 4.39 Å². The van der Waals surface area contributed by atoms with E-state index < -0.39 is 5.82 Å². The molecule has 0 spiro atoms. The lowest BCUT2D eigenvalue weighted by Crippen LogP contribution is -2.40.